The van der Waals surface area contributed by atoms with Crippen molar-refractivity contribution in [3.05, 3.63) is 0 Å². The van der Waals surface area contributed by atoms with Crippen LogP contribution in [-0.2, 0) is 0 Å². The third-order valence-corrected chi connectivity index (χ3v) is 5.49. The number of rotatable bonds is 6. The highest BCUT2D eigenvalue weighted by Gasteiger charge is 2.42. The van der Waals surface area contributed by atoms with Gasteiger partial charge in [-0.15, -0.1) is 0 Å². The molecule has 0 bridgehead atoms. The van der Waals surface area contributed by atoms with E-state index in [1.165, 1.54) is 71.2 Å². The van der Waals surface area contributed by atoms with E-state index in [2.05, 4.69) is 35.7 Å². The number of hydrogen-bond acceptors (Lipinski definition) is 4. The van der Waals surface area contributed by atoms with Crippen molar-refractivity contribution in [3.63, 3.8) is 0 Å². The Morgan fingerprint density at radius 2 is 1.95 bits per heavy atom. The van der Waals surface area contributed by atoms with E-state index in [0.29, 0.717) is 6.04 Å². The van der Waals surface area contributed by atoms with Crippen LogP contribution in [0.5, 0.6) is 0 Å². The second kappa shape index (κ2) is 7.91. The molecule has 2 fully saturated rings. The van der Waals surface area contributed by atoms with Gasteiger partial charge in [0.2, 0.25) is 0 Å². The van der Waals surface area contributed by atoms with Gasteiger partial charge in [0.05, 0.1) is 0 Å². The summed E-state index contributed by atoms with van der Waals surface area (Å²) in [7, 11) is 4.39. The summed E-state index contributed by atoms with van der Waals surface area (Å²) < 4.78 is 0. The molecule has 2 heterocycles. The number of hydrogen-bond donors (Lipinski definition) is 1. The molecule has 124 valence electrons. The molecule has 2 saturated heterocycles. The number of likely N-dealkylation sites (tertiary alicyclic amines) is 2. The molecule has 21 heavy (non-hydrogen) atoms. The van der Waals surface area contributed by atoms with E-state index >= 15 is 0 Å². The zero-order valence-electron chi connectivity index (χ0n) is 14.5. The summed E-state index contributed by atoms with van der Waals surface area (Å²) in [4.78, 5) is 7.78. The van der Waals surface area contributed by atoms with E-state index in [-0.39, 0.29) is 5.54 Å². The SMILES string of the molecule is CCCN1CCCC(CN)(N2CCCC2CN(C)C)CC1. The van der Waals surface area contributed by atoms with Crippen LogP contribution < -0.4 is 5.73 Å². The van der Waals surface area contributed by atoms with E-state index in [1.807, 2.05) is 0 Å². The summed E-state index contributed by atoms with van der Waals surface area (Å²) in [6.07, 6.45) is 7.81. The lowest BCUT2D eigenvalue weighted by molar-refractivity contribution is 0.0545. The quantitative estimate of drug-likeness (QED) is 0.808. The molecule has 2 aliphatic rings. The smallest absolute Gasteiger partial charge is 0.0347 e. The number of likely N-dealkylation sites (N-methyl/N-ethyl adjacent to an activating group) is 1. The van der Waals surface area contributed by atoms with E-state index < -0.39 is 0 Å². The fraction of sp³-hybridized carbons (Fsp3) is 1.00. The predicted octanol–water partition coefficient (Wildman–Crippen LogP) is 1.61. The van der Waals surface area contributed by atoms with E-state index in [4.69, 9.17) is 5.73 Å². The topological polar surface area (TPSA) is 35.7 Å². The third-order valence-electron chi connectivity index (χ3n) is 5.49. The van der Waals surface area contributed by atoms with Gasteiger partial charge in [-0.3, -0.25) is 4.90 Å². The van der Waals surface area contributed by atoms with Gasteiger partial charge in [-0.2, -0.15) is 0 Å². The minimum absolute atomic E-state index is 0.264. The zero-order valence-corrected chi connectivity index (χ0v) is 14.5. The van der Waals surface area contributed by atoms with Crippen LogP contribution in [0.1, 0.15) is 45.4 Å². The summed E-state index contributed by atoms with van der Waals surface area (Å²) in [6, 6.07) is 0.710. The standard InChI is InChI=1S/C17H36N4/c1-4-10-20-11-6-8-17(15-18,9-13-20)21-12-5-7-16(21)14-19(2)3/h16H,4-15,18H2,1-3H3. The first-order valence-electron chi connectivity index (χ1n) is 8.95. The first kappa shape index (κ1) is 17.2. The first-order chi connectivity index (χ1) is 10.1. The highest BCUT2D eigenvalue weighted by Crippen LogP contribution is 2.34. The molecular formula is C17H36N4. The maximum absolute atomic E-state index is 6.33. The van der Waals surface area contributed by atoms with Gasteiger partial charge in [-0.1, -0.05) is 6.92 Å². The van der Waals surface area contributed by atoms with Crippen molar-refractivity contribution in [1.29, 1.82) is 0 Å². The van der Waals surface area contributed by atoms with Crippen molar-refractivity contribution in [1.82, 2.24) is 14.7 Å². The van der Waals surface area contributed by atoms with Crippen LogP contribution in [0.3, 0.4) is 0 Å². The van der Waals surface area contributed by atoms with Gasteiger partial charge in [-0.05, 0) is 78.8 Å². The van der Waals surface area contributed by atoms with Crippen LogP contribution in [0.2, 0.25) is 0 Å². The van der Waals surface area contributed by atoms with Gasteiger partial charge in [0.1, 0.15) is 0 Å². The van der Waals surface area contributed by atoms with Crippen LogP contribution >= 0.6 is 0 Å². The van der Waals surface area contributed by atoms with Crippen molar-refractivity contribution in [2.45, 2.75) is 57.0 Å². The van der Waals surface area contributed by atoms with E-state index in [9.17, 15) is 0 Å². The fourth-order valence-corrected chi connectivity index (χ4v) is 4.45. The summed E-state index contributed by atoms with van der Waals surface area (Å²) in [5.41, 5.74) is 6.59. The Kier molecular flexibility index (Phi) is 6.48. The summed E-state index contributed by atoms with van der Waals surface area (Å²) in [5.74, 6) is 0. The van der Waals surface area contributed by atoms with E-state index in [1.54, 1.807) is 0 Å². The summed E-state index contributed by atoms with van der Waals surface area (Å²) in [6.45, 7) is 9.30. The zero-order chi connectivity index (χ0) is 15.3. The van der Waals surface area contributed by atoms with Gasteiger partial charge >= 0.3 is 0 Å². The molecule has 0 aromatic carbocycles. The normalized spacial score (nSPS) is 32.7. The van der Waals surface area contributed by atoms with Gasteiger partial charge in [0.25, 0.3) is 0 Å². The number of nitrogens with zero attached hydrogens (tertiary/aromatic N) is 3. The number of nitrogens with two attached hydrogens (primary N) is 1. The molecule has 0 amide bonds. The minimum atomic E-state index is 0.264. The van der Waals surface area contributed by atoms with Gasteiger partial charge in [-0.25, -0.2) is 0 Å². The molecule has 0 saturated carbocycles. The second-order valence-corrected chi connectivity index (χ2v) is 7.38. The van der Waals surface area contributed by atoms with Crippen LogP contribution in [0, 0.1) is 0 Å². The van der Waals surface area contributed by atoms with E-state index in [0.717, 1.165) is 6.54 Å². The molecule has 0 spiro atoms. The largest absolute Gasteiger partial charge is 0.329 e. The summed E-state index contributed by atoms with van der Waals surface area (Å²) >= 11 is 0. The Labute approximate surface area is 131 Å². The van der Waals surface area contributed by atoms with Gasteiger partial charge in [0, 0.05) is 24.7 Å². The second-order valence-electron chi connectivity index (χ2n) is 7.38. The van der Waals surface area contributed by atoms with Crippen LogP contribution in [-0.4, -0.2) is 79.6 Å². The Morgan fingerprint density at radius 3 is 2.62 bits per heavy atom. The Balaban J connectivity index is 2.05. The molecule has 2 unspecified atom stereocenters. The monoisotopic (exact) mass is 296 g/mol. The molecule has 4 nitrogen and oxygen atoms in total. The van der Waals surface area contributed by atoms with Crippen molar-refractivity contribution >= 4 is 0 Å². The molecule has 0 aromatic heterocycles. The predicted molar refractivity (Wildman–Crippen MR) is 90.6 cm³/mol. The lowest BCUT2D eigenvalue weighted by Crippen LogP contribution is -2.57. The molecule has 0 aromatic rings. The lowest BCUT2D eigenvalue weighted by atomic mass is 9.87. The molecule has 2 aliphatic heterocycles. The van der Waals surface area contributed by atoms with Crippen LogP contribution in [0.15, 0.2) is 0 Å². The van der Waals surface area contributed by atoms with Gasteiger partial charge in [0.15, 0.2) is 0 Å². The minimum Gasteiger partial charge on any atom is -0.329 e. The lowest BCUT2D eigenvalue weighted by Gasteiger charge is -2.45. The molecule has 0 aliphatic carbocycles. The molecule has 2 atom stereocenters. The highest BCUT2D eigenvalue weighted by atomic mass is 15.3. The van der Waals surface area contributed by atoms with Crippen LogP contribution in [0.4, 0.5) is 0 Å². The summed E-state index contributed by atoms with van der Waals surface area (Å²) in [5, 5.41) is 0. The molecule has 0 radical (unpaired) electrons. The van der Waals surface area contributed by atoms with Crippen molar-refractivity contribution in [2.75, 3.05) is 53.4 Å². The Morgan fingerprint density at radius 1 is 1.14 bits per heavy atom. The molecule has 2 N–H and O–H groups in total. The van der Waals surface area contributed by atoms with Gasteiger partial charge < -0.3 is 15.5 Å². The molecule has 2 rings (SSSR count). The van der Waals surface area contributed by atoms with Crippen molar-refractivity contribution in [2.24, 2.45) is 5.73 Å². The maximum Gasteiger partial charge on any atom is 0.0347 e. The Bertz CT molecular complexity index is 307. The van der Waals surface area contributed by atoms with Crippen molar-refractivity contribution in [3.8, 4) is 0 Å². The average molecular weight is 297 g/mol. The molecule has 4 heteroatoms. The molecular weight excluding hydrogens is 260 g/mol. The average Bonchev–Trinajstić information content (AvgIpc) is 2.80. The fourth-order valence-electron chi connectivity index (χ4n) is 4.45. The highest BCUT2D eigenvalue weighted by molar-refractivity contribution is 5.00. The van der Waals surface area contributed by atoms with Crippen LogP contribution in [0.25, 0.3) is 0 Å². The first-order valence-corrected chi connectivity index (χ1v) is 8.95. The maximum atomic E-state index is 6.33. The third kappa shape index (κ3) is 4.19. The Hall–Kier alpha value is -0.160. The van der Waals surface area contributed by atoms with Crippen molar-refractivity contribution < 1.29 is 0 Å².